The second-order valence-electron chi connectivity index (χ2n) is 3.61. The third-order valence-corrected chi connectivity index (χ3v) is 2.28. The molecule has 10 heavy (non-hydrogen) atoms. The van der Waals surface area contributed by atoms with Crippen LogP contribution in [0.25, 0.3) is 0 Å². The minimum absolute atomic E-state index is 0.400. The molecule has 2 heteroatoms. The quantitative estimate of drug-likeness (QED) is 0.356. The monoisotopic (exact) mass is 142 g/mol. The molecule has 1 fully saturated rings. The van der Waals surface area contributed by atoms with Gasteiger partial charge in [0.1, 0.15) is 27.1 Å². The minimum atomic E-state index is 0.400. The van der Waals surface area contributed by atoms with Crippen molar-refractivity contribution >= 4 is 0 Å². The molecule has 1 saturated heterocycles. The second kappa shape index (κ2) is 2.81. The van der Waals surface area contributed by atoms with Crippen LogP contribution in [0.4, 0.5) is 0 Å². The van der Waals surface area contributed by atoms with Crippen LogP contribution < -0.4 is 5.11 Å². The molecule has 0 unspecified atom stereocenters. The van der Waals surface area contributed by atoms with E-state index < -0.39 is 0 Å². The molecule has 0 N–H and O–H groups in total. The van der Waals surface area contributed by atoms with Crippen molar-refractivity contribution in [1.29, 1.82) is 0 Å². The van der Waals surface area contributed by atoms with Gasteiger partial charge in [-0.25, -0.2) is 0 Å². The van der Waals surface area contributed by atoms with Crippen LogP contribution in [0.1, 0.15) is 25.7 Å². The lowest BCUT2D eigenvalue weighted by Gasteiger charge is -2.26. The summed E-state index contributed by atoms with van der Waals surface area (Å²) in [5.74, 6) is 0. The van der Waals surface area contributed by atoms with Gasteiger partial charge in [0.25, 0.3) is 0 Å². The topological polar surface area (TPSA) is 23.1 Å². The van der Waals surface area contributed by atoms with Gasteiger partial charge in [-0.3, -0.25) is 0 Å². The predicted octanol–water partition coefficient (Wildman–Crippen LogP) is 0.487. The zero-order valence-corrected chi connectivity index (χ0v) is 6.89. The molecule has 1 rings (SSSR count). The largest absolute Gasteiger partial charge is 0.589 e. The second-order valence-corrected chi connectivity index (χ2v) is 3.61. The summed E-state index contributed by atoms with van der Waals surface area (Å²) in [7, 11) is 4.02. The number of hydrogen-bond donors (Lipinski definition) is 0. The van der Waals surface area contributed by atoms with Gasteiger partial charge < -0.3 is 5.11 Å². The van der Waals surface area contributed by atoms with Gasteiger partial charge in [-0.1, -0.05) is 0 Å². The average molecular weight is 142 g/mol. The Morgan fingerprint density at radius 2 is 1.90 bits per heavy atom. The summed E-state index contributed by atoms with van der Waals surface area (Å²) in [6, 6.07) is 0. The maximum absolute atomic E-state index is 11.3. The zero-order chi connectivity index (χ0) is 7.61. The van der Waals surface area contributed by atoms with Gasteiger partial charge in [0, 0.05) is 6.42 Å². The first-order chi connectivity index (χ1) is 4.63. The Hall–Kier alpha value is -0.210. The normalized spacial score (nSPS) is 26.1. The summed E-state index contributed by atoms with van der Waals surface area (Å²) in [6.45, 7) is 1.03. The maximum Gasteiger partial charge on any atom is 0.236 e. The van der Waals surface area contributed by atoms with Crippen LogP contribution in [-0.2, 0) is 0 Å². The molecule has 2 nitrogen and oxygen atoms in total. The van der Waals surface area contributed by atoms with E-state index in [-0.39, 0.29) is 0 Å². The predicted molar refractivity (Wildman–Crippen MR) is 38.7 cm³/mol. The summed E-state index contributed by atoms with van der Waals surface area (Å²) in [5.41, 5.74) is 0. The first kappa shape index (κ1) is 7.89. The minimum Gasteiger partial charge on any atom is -0.589 e. The smallest absolute Gasteiger partial charge is 0.236 e. The Kier molecular flexibility index (Phi) is 2.21. The molecular weight excluding hydrogens is 126 g/mol. The Balaban J connectivity index is 2.52. The average Bonchev–Trinajstić information content (AvgIpc) is 1.96. The van der Waals surface area contributed by atoms with E-state index in [9.17, 15) is 5.11 Å². The van der Waals surface area contributed by atoms with Gasteiger partial charge >= 0.3 is 0 Å². The molecule has 0 aromatic carbocycles. The molecule has 0 spiro atoms. The molecule has 0 aromatic heterocycles. The van der Waals surface area contributed by atoms with Gasteiger partial charge in [0.05, 0.1) is 0 Å². The molecule has 1 heterocycles. The van der Waals surface area contributed by atoms with Crippen LogP contribution in [-0.4, -0.2) is 25.1 Å². The van der Waals surface area contributed by atoms with Crippen LogP contribution in [0.5, 0.6) is 0 Å². The zero-order valence-electron chi connectivity index (χ0n) is 6.89. The fraction of sp³-hybridized carbons (Fsp3) is 0.875. The van der Waals surface area contributed by atoms with E-state index in [0.29, 0.717) is 10.7 Å². The van der Waals surface area contributed by atoms with Crippen LogP contribution >= 0.6 is 0 Å². The van der Waals surface area contributed by atoms with Crippen LogP contribution in [0.15, 0.2) is 0 Å². The summed E-state index contributed by atoms with van der Waals surface area (Å²) in [5, 5.41) is 11.3. The number of hydrogen-bond acceptors (Lipinski definition) is 1. The lowest BCUT2D eigenvalue weighted by Crippen LogP contribution is -2.48. The highest BCUT2D eigenvalue weighted by Crippen LogP contribution is 2.21. The number of nitrogens with zero attached hydrogens (tertiary/aromatic N) is 1. The Morgan fingerprint density at radius 1 is 1.20 bits per heavy atom. The molecule has 0 aromatic rings. The van der Waals surface area contributed by atoms with E-state index in [0.717, 1.165) is 19.4 Å². The standard InChI is InChI=1S/C8H16NO/c1-9(2)7-5-3-4-6-8(9)10/h3-7H2,1-2H3/q+1. The summed E-state index contributed by atoms with van der Waals surface area (Å²) in [6.07, 6.45) is 4.72. The van der Waals surface area contributed by atoms with Crippen molar-refractivity contribution in [2.75, 3.05) is 20.6 Å². The fourth-order valence-electron chi connectivity index (χ4n) is 1.39. The Bertz CT molecular complexity index is 112. The van der Waals surface area contributed by atoms with E-state index in [2.05, 4.69) is 0 Å². The van der Waals surface area contributed by atoms with E-state index >= 15 is 0 Å². The molecule has 58 valence electrons. The van der Waals surface area contributed by atoms with E-state index in [4.69, 9.17) is 0 Å². The molecule has 1 aliphatic heterocycles. The highest BCUT2D eigenvalue weighted by molar-refractivity contribution is 4.64. The van der Waals surface area contributed by atoms with Crippen LogP contribution in [0, 0.1) is 6.23 Å². The fourth-order valence-corrected chi connectivity index (χ4v) is 1.39. The Morgan fingerprint density at radius 3 is 2.60 bits per heavy atom. The first-order valence-electron chi connectivity index (χ1n) is 3.99. The molecule has 0 radical (unpaired) electrons. The number of rotatable bonds is 0. The maximum atomic E-state index is 11.3. The first-order valence-corrected chi connectivity index (χ1v) is 3.99. The van der Waals surface area contributed by atoms with Crippen molar-refractivity contribution in [3.8, 4) is 0 Å². The van der Waals surface area contributed by atoms with Crippen molar-refractivity contribution in [3.05, 3.63) is 6.23 Å². The number of quaternary nitrogens is 1. The molecule has 0 bridgehead atoms. The van der Waals surface area contributed by atoms with Gasteiger partial charge in [0.2, 0.25) is 6.23 Å². The van der Waals surface area contributed by atoms with Crippen molar-refractivity contribution in [2.24, 2.45) is 0 Å². The third kappa shape index (κ3) is 1.64. The van der Waals surface area contributed by atoms with E-state index in [1.807, 2.05) is 14.1 Å². The molecular formula is C8H16NO+. The van der Waals surface area contributed by atoms with Gasteiger partial charge in [-0.2, -0.15) is 4.48 Å². The lowest BCUT2D eigenvalue weighted by molar-refractivity contribution is -0.934. The molecule has 0 amide bonds. The molecule has 0 aliphatic carbocycles. The summed E-state index contributed by atoms with van der Waals surface area (Å²) in [4.78, 5) is 0. The van der Waals surface area contributed by atoms with Crippen molar-refractivity contribution in [3.63, 3.8) is 0 Å². The van der Waals surface area contributed by atoms with E-state index in [1.165, 1.54) is 12.8 Å². The summed E-state index contributed by atoms with van der Waals surface area (Å²) >= 11 is 0. The van der Waals surface area contributed by atoms with Gasteiger partial charge in [0.15, 0.2) is 0 Å². The molecule has 0 atom stereocenters. The van der Waals surface area contributed by atoms with Crippen LogP contribution in [0.3, 0.4) is 0 Å². The number of likely N-dealkylation sites (tertiary alicyclic amines) is 1. The molecule has 0 saturated carbocycles. The summed E-state index contributed by atoms with van der Waals surface area (Å²) < 4.78 is 0.597. The van der Waals surface area contributed by atoms with Crippen molar-refractivity contribution in [1.82, 2.24) is 0 Å². The van der Waals surface area contributed by atoms with Gasteiger partial charge in [-0.15, -0.1) is 0 Å². The van der Waals surface area contributed by atoms with E-state index in [1.54, 1.807) is 0 Å². The SMILES string of the molecule is C[N+]1(C)CCCCC[C+]1[O-]. The highest BCUT2D eigenvalue weighted by atomic mass is 16.3. The van der Waals surface area contributed by atoms with Crippen molar-refractivity contribution in [2.45, 2.75) is 25.7 Å². The Labute approximate surface area is 63.1 Å². The molecule has 1 aliphatic rings. The highest BCUT2D eigenvalue weighted by Gasteiger charge is 2.33. The van der Waals surface area contributed by atoms with Crippen molar-refractivity contribution < 1.29 is 9.59 Å². The van der Waals surface area contributed by atoms with Crippen LogP contribution in [0.2, 0.25) is 0 Å². The lowest BCUT2D eigenvalue weighted by atomic mass is 10.2. The third-order valence-electron chi connectivity index (χ3n) is 2.28. The van der Waals surface area contributed by atoms with Gasteiger partial charge in [-0.05, 0) is 12.8 Å².